The highest BCUT2D eigenvalue weighted by Crippen LogP contribution is 2.29. The van der Waals surface area contributed by atoms with Crippen molar-refractivity contribution in [1.82, 2.24) is 5.43 Å². The first-order chi connectivity index (χ1) is 16.0. The van der Waals surface area contributed by atoms with E-state index in [0.29, 0.717) is 46.8 Å². The highest BCUT2D eigenvalue weighted by atomic mass is 35.5. The molecule has 0 spiro atoms. The summed E-state index contributed by atoms with van der Waals surface area (Å²) in [5.74, 6) is 1.83. The van der Waals surface area contributed by atoms with E-state index < -0.39 is 0 Å². The fourth-order valence-electron chi connectivity index (χ4n) is 2.94. The highest BCUT2D eigenvalue weighted by Gasteiger charge is 2.11. The van der Waals surface area contributed by atoms with Crippen molar-refractivity contribution in [3.63, 3.8) is 0 Å². The number of nitrogens with zero attached hydrogens (tertiary/aromatic N) is 1. The Labute approximate surface area is 197 Å². The molecular formula is C25H25ClN2O5. The van der Waals surface area contributed by atoms with Gasteiger partial charge in [0.05, 0.1) is 27.0 Å². The van der Waals surface area contributed by atoms with Crippen LogP contribution in [0.1, 0.15) is 28.4 Å². The summed E-state index contributed by atoms with van der Waals surface area (Å²) in [6.45, 7) is 2.70. The first-order valence-corrected chi connectivity index (χ1v) is 10.6. The Balaban J connectivity index is 1.63. The SMILES string of the molecule is CCOc1cc(C(=O)N/N=C/c2ccc(OCc3ccc(Cl)cc3)c(OC)c2)ccc1OC. The van der Waals surface area contributed by atoms with Gasteiger partial charge in [-0.25, -0.2) is 5.43 Å². The molecule has 0 aromatic heterocycles. The zero-order valence-corrected chi connectivity index (χ0v) is 19.4. The van der Waals surface area contributed by atoms with E-state index in [-0.39, 0.29) is 5.91 Å². The molecule has 3 aromatic rings. The van der Waals surface area contributed by atoms with E-state index in [1.165, 1.54) is 6.21 Å². The lowest BCUT2D eigenvalue weighted by Crippen LogP contribution is -2.17. The van der Waals surface area contributed by atoms with Crippen molar-refractivity contribution in [2.24, 2.45) is 5.10 Å². The van der Waals surface area contributed by atoms with Crippen molar-refractivity contribution >= 4 is 23.7 Å². The molecule has 0 radical (unpaired) electrons. The van der Waals surface area contributed by atoms with Gasteiger partial charge in [0.1, 0.15) is 6.61 Å². The van der Waals surface area contributed by atoms with Gasteiger partial charge in [0.25, 0.3) is 5.91 Å². The summed E-state index contributed by atoms with van der Waals surface area (Å²) >= 11 is 5.91. The van der Waals surface area contributed by atoms with Gasteiger partial charge in [-0.1, -0.05) is 23.7 Å². The second-order valence-electron chi connectivity index (χ2n) is 6.82. The molecule has 0 heterocycles. The van der Waals surface area contributed by atoms with Crippen LogP contribution in [0, 0.1) is 0 Å². The van der Waals surface area contributed by atoms with Crippen molar-refractivity contribution in [2.45, 2.75) is 13.5 Å². The van der Waals surface area contributed by atoms with Gasteiger partial charge in [-0.15, -0.1) is 0 Å². The fraction of sp³-hybridized carbons (Fsp3) is 0.200. The smallest absolute Gasteiger partial charge is 0.271 e. The zero-order chi connectivity index (χ0) is 23.6. The molecule has 3 aromatic carbocycles. The third kappa shape index (κ3) is 6.63. The Hall–Kier alpha value is -3.71. The predicted octanol–water partition coefficient (Wildman–Crippen LogP) is 5.10. The van der Waals surface area contributed by atoms with Gasteiger partial charge in [0, 0.05) is 10.6 Å². The number of ether oxygens (including phenoxy) is 4. The zero-order valence-electron chi connectivity index (χ0n) is 18.6. The number of benzene rings is 3. The van der Waals surface area contributed by atoms with Crippen LogP contribution in [0.15, 0.2) is 65.8 Å². The molecule has 1 amide bonds. The van der Waals surface area contributed by atoms with Gasteiger partial charge in [0.15, 0.2) is 23.0 Å². The Kier molecular flexibility index (Phi) is 8.55. The van der Waals surface area contributed by atoms with Crippen LogP contribution in [0.25, 0.3) is 0 Å². The van der Waals surface area contributed by atoms with Crippen molar-refractivity contribution < 1.29 is 23.7 Å². The maximum atomic E-state index is 12.4. The molecule has 0 aliphatic rings. The van der Waals surface area contributed by atoms with Crippen LogP contribution in [0.2, 0.25) is 5.02 Å². The van der Waals surface area contributed by atoms with Gasteiger partial charge in [0.2, 0.25) is 0 Å². The van der Waals surface area contributed by atoms with E-state index in [1.807, 2.05) is 37.3 Å². The topological polar surface area (TPSA) is 78.4 Å². The summed E-state index contributed by atoms with van der Waals surface area (Å²) in [6.07, 6.45) is 1.52. The minimum atomic E-state index is -0.371. The third-order valence-electron chi connectivity index (χ3n) is 4.60. The van der Waals surface area contributed by atoms with Crippen LogP contribution >= 0.6 is 11.6 Å². The quantitative estimate of drug-likeness (QED) is 0.331. The van der Waals surface area contributed by atoms with E-state index in [4.69, 9.17) is 30.5 Å². The molecule has 8 heteroatoms. The lowest BCUT2D eigenvalue weighted by atomic mass is 10.2. The molecule has 0 fully saturated rings. The van der Waals surface area contributed by atoms with E-state index in [2.05, 4.69) is 10.5 Å². The number of nitrogens with one attached hydrogen (secondary N) is 1. The number of hydrazone groups is 1. The number of hydrogen-bond donors (Lipinski definition) is 1. The predicted molar refractivity (Wildman–Crippen MR) is 128 cm³/mol. The van der Waals surface area contributed by atoms with Crippen molar-refractivity contribution in [2.75, 3.05) is 20.8 Å². The number of carbonyl (C=O) groups is 1. The standard InChI is InChI=1S/C25H25ClN2O5/c1-4-32-24-14-19(8-12-21(24)30-2)25(29)28-27-15-18-7-11-22(23(13-18)31-3)33-16-17-5-9-20(26)10-6-17/h5-15H,4,16H2,1-3H3,(H,28,29)/b27-15+. The summed E-state index contributed by atoms with van der Waals surface area (Å²) in [4.78, 5) is 12.4. The van der Waals surface area contributed by atoms with Crippen LogP contribution in [0.3, 0.4) is 0 Å². The number of carbonyl (C=O) groups excluding carboxylic acids is 1. The normalized spacial score (nSPS) is 10.7. The summed E-state index contributed by atoms with van der Waals surface area (Å²) in [7, 11) is 3.11. The molecular weight excluding hydrogens is 444 g/mol. The minimum Gasteiger partial charge on any atom is -0.493 e. The Morgan fingerprint density at radius 3 is 2.33 bits per heavy atom. The van der Waals surface area contributed by atoms with E-state index >= 15 is 0 Å². The number of hydrogen-bond acceptors (Lipinski definition) is 6. The number of methoxy groups -OCH3 is 2. The molecule has 0 atom stereocenters. The largest absolute Gasteiger partial charge is 0.493 e. The first kappa shape index (κ1) is 23.9. The van der Waals surface area contributed by atoms with Crippen molar-refractivity contribution in [3.8, 4) is 23.0 Å². The van der Waals surface area contributed by atoms with Gasteiger partial charge < -0.3 is 18.9 Å². The molecule has 0 bridgehead atoms. The minimum absolute atomic E-state index is 0.371. The third-order valence-corrected chi connectivity index (χ3v) is 4.85. The van der Waals surface area contributed by atoms with Gasteiger partial charge >= 0.3 is 0 Å². The monoisotopic (exact) mass is 468 g/mol. The molecule has 0 unspecified atom stereocenters. The molecule has 0 saturated heterocycles. The average molecular weight is 469 g/mol. The maximum absolute atomic E-state index is 12.4. The van der Waals surface area contributed by atoms with Crippen LogP contribution in [0.5, 0.6) is 23.0 Å². The van der Waals surface area contributed by atoms with E-state index in [9.17, 15) is 4.79 Å². The second-order valence-corrected chi connectivity index (χ2v) is 7.26. The fourth-order valence-corrected chi connectivity index (χ4v) is 3.07. The lowest BCUT2D eigenvalue weighted by molar-refractivity contribution is 0.0954. The van der Waals surface area contributed by atoms with Gasteiger partial charge in [-0.05, 0) is 66.6 Å². The van der Waals surface area contributed by atoms with Crippen LogP contribution in [-0.4, -0.2) is 32.9 Å². The van der Waals surface area contributed by atoms with Crippen LogP contribution < -0.4 is 24.4 Å². The van der Waals surface area contributed by atoms with E-state index in [0.717, 1.165) is 11.1 Å². The highest BCUT2D eigenvalue weighted by molar-refractivity contribution is 6.30. The number of amides is 1. The van der Waals surface area contributed by atoms with E-state index in [1.54, 1.807) is 44.6 Å². The van der Waals surface area contributed by atoms with Crippen LogP contribution in [-0.2, 0) is 6.61 Å². The molecule has 172 valence electrons. The molecule has 0 saturated carbocycles. The second kappa shape index (κ2) is 11.8. The number of rotatable bonds is 10. The Morgan fingerprint density at radius 1 is 0.909 bits per heavy atom. The van der Waals surface area contributed by atoms with Crippen molar-refractivity contribution in [1.29, 1.82) is 0 Å². The molecule has 7 nitrogen and oxygen atoms in total. The Morgan fingerprint density at radius 2 is 1.64 bits per heavy atom. The molecule has 1 N–H and O–H groups in total. The first-order valence-electron chi connectivity index (χ1n) is 10.2. The van der Waals surface area contributed by atoms with Crippen molar-refractivity contribution in [3.05, 3.63) is 82.4 Å². The van der Waals surface area contributed by atoms with Crippen LogP contribution in [0.4, 0.5) is 0 Å². The summed E-state index contributed by atoms with van der Waals surface area (Å²) in [5, 5.41) is 4.71. The summed E-state index contributed by atoms with van der Waals surface area (Å²) < 4.78 is 22.0. The number of halogens is 1. The Bertz CT molecular complexity index is 1120. The van der Waals surface area contributed by atoms with Gasteiger partial charge in [-0.2, -0.15) is 5.10 Å². The van der Waals surface area contributed by atoms with Gasteiger partial charge in [-0.3, -0.25) is 4.79 Å². The molecule has 3 rings (SSSR count). The molecule has 33 heavy (non-hydrogen) atoms. The maximum Gasteiger partial charge on any atom is 0.271 e. The lowest BCUT2D eigenvalue weighted by Gasteiger charge is -2.11. The molecule has 0 aliphatic carbocycles. The summed E-state index contributed by atoms with van der Waals surface area (Å²) in [6, 6.07) is 17.7. The average Bonchev–Trinajstić information content (AvgIpc) is 2.84. The molecule has 0 aliphatic heterocycles. The summed E-state index contributed by atoms with van der Waals surface area (Å²) in [5.41, 5.74) is 4.63.